The van der Waals surface area contributed by atoms with Crippen LogP contribution in [0.25, 0.3) is 11.0 Å². The van der Waals surface area contributed by atoms with E-state index in [-0.39, 0.29) is 11.7 Å². The SMILES string of the molecule is Cc1nc(Cc2ccc(F)cc2)sc1C(=O)Nc1ccc2oc(=O)ccc2c1. The number of amides is 1. The van der Waals surface area contributed by atoms with Crippen molar-refractivity contribution in [2.75, 3.05) is 5.32 Å². The lowest BCUT2D eigenvalue weighted by Gasteiger charge is -2.05. The smallest absolute Gasteiger partial charge is 0.336 e. The van der Waals surface area contributed by atoms with Crippen molar-refractivity contribution in [3.63, 3.8) is 0 Å². The normalized spacial score (nSPS) is 10.9. The molecule has 140 valence electrons. The predicted molar refractivity (Wildman–Crippen MR) is 106 cm³/mol. The Kier molecular flexibility index (Phi) is 4.75. The number of rotatable bonds is 4. The number of nitrogens with zero attached hydrogens (tertiary/aromatic N) is 1. The van der Waals surface area contributed by atoms with Gasteiger partial charge in [-0.15, -0.1) is 11.3 Å². The summed E-state index contributed by atoms with van der Waals surface area (Å²) in [5.41, 5.74) is 2.21. The number of aromatic nitrogens is 1. The number of hydrogen-bond acceptors (Lipinski definition) is 5. The minimum atomic E-state index is -0.418. The van der Waals surface area contributed by atoms with E-state index in [4.69, 9.17) is 4.42 Å². The first-order valence-corrected chi connectivity index (χ1v) is 9.35. The van der Waals surface area contributed by atoms with E-state index in [1.807, 2.05) is 0 Å². The van der Waals surface area contributed by atoms with Gasteiger partial charge in [-0.05, 0) is 48.9 Å². The Hall–Kier alpha value is -3.32. The largest absolute Gasteiger partial charge is 0.423 e. The summed E-state index contributed by atoms with van der Waals surface area (Å²) in [6, 6.07) is 14.3. The van der Waals surface area contributed by atoms with Gasteiger partial charge >= 0.3 is 5.63 Å². The van der Waals surface area contributed by atoms with Gasteiger partial charge in [-0.3, -0.25) is 4.79 Å². The molecule has 4 aromatic rings. The molecule has 0 fully saturated rings. The van der Waals surface area contributed by atoms with Gasteiger partial charge in [0.1, 0.15) is 16.3 Å². The van der Waals surface area contributed by atoms with Crippen molar-refractivity contribution in [1.82, 2.24) is 4.98 Å². The Balaban J connectivity index is 1.53. The molecule has 0 radical (unpaired) electrons. The van der Waals surface area contributed by atoms with Crippen LogP contribution in [0.1, 0.15) is 25.9 Å². The zero-order chi connectivity index (χ0) is 19.7. The molecule has 0 aliphatic heterocycles. The summed E-state index contributed by atoms with van der Waals surface area (Å²) in [6.07, 6.45) is 0.536. The van der Waals surface area contributed by atoms with Crippen molar-refractivity contribution in [3.05, 3.63) is 92.0 Å². The van der Waals surface area contributed by atoms with Crippen molar-refractivity contribution in [1.29, 1.82) is 0 Å². The second-order valence-corrected chi connectivity index (χ2v) is 7.37. The zero-order valence-corrected chi connectivity index (χ0v) is 15.7. The fourth-order valence-corrected chi connectivity index (χ4v) is 3.85. The molecule has 1 N–H and O–H groups in total. The monoisotopic (exact) mass is 394 g/mol. The summed E-state index contributed by atoms with van der Waals surface area (Å²) in [6.45, 7) is 1.79. The second kappa shape index (κ2) is 7.36. The van der Waals surface area contributed by atoms with Crippen LogP contribution in [0.3, 0.4) is 0 Å². The summed E-state index contributed by atoms with van der Waals surface area (Å²) < 4.78 is 18.1. The average molecular weight is 394 g/mol. The minimum absolute atomic E-state index is 0.253. The molecule has 7 heteroatoms. The van der Waals surface area contributed by atoms with E-state index in [2.05, 4.69) is 10.3 Å². The van der Waals surface area contributed by atoms with E-state index in [0.717, 1.165) is 16.0 Å². The molecular formula is C21H15FN2O3S. The maximum Gasteiger partial charge on any atom is 0.336 e. The Morgan fingerprint density at radius 3 is 2.71 bits per heavy atom. The van der Waals surface area contributed by atoms with Gasteiger partial charge in [-0.2, -0.15) is 0 Å². The molecule has 1 amide bonds. The van der Waals surface area contributed by atoms with Gasteiger partial charge < -0.3 is 9.73 Å². The van der Waals surface area contributed by atoms with Crippen molar-refractivity contribution in [2.45, 2.75) is 13.3 Å². The van der Waals surface area contributed by atoms with Gasteiger partial charge in [-0.1, -0.05) is 12.1 Å². The lowest BCUT2D eigenvalue weighted by Crippen LogP contribution is -2.11. The molecule has 28 heavy (non-hydrogen) atoms. The van der Waals surface area contributed by atoms with Crippen molar-refractivity contribution >= 4 is 33.9 Å². The first kappa shape index (κ1) is 18.1. The zero-order valence-electron chi connectivity index (χ0n) is 14.9. The molecule has 4 rings (SSSR count). The van der Waals surface area contributed by atoms with E-state index in [1.54, 1.807) is 43.3 Å². The number of benzene rings is 2. The summed E-state index contributed by atoms with van der Waals surface area (Å²) in [7, 11) is 0. The molecule has 0 saturated heterocycles. The topological polar surface area (TPSA) is 72.2 Å². The Morgan fingerprint density at radius 2 is 1.93 bits per heavy atom. The number of fused-ring (bicyclic) bond motifs is 1. The number of anilines is 1. The summed E-state index contributed by atoms with van der Waals surface area (Å²) in [4.78, 5) is 28.9. The third kappa shape index (κ3) is 3.84. The first-order valence-electron chi connectivity index (χ1n) is 8.54. The number of halogens is 1. The van der Waals surface area contributed by atoms with E-state index >= 15 is 0 Å². The third-order valence-corrected chi connectivity index (χ3v) is 5.35. The molecule has 0 bridgehead atoms. The first-order chi connectivity index (χ1) is 13.5. The molecule has 2 aromatic carbocycles. The predicted octanol–water partition coefficient (Wildman–Crippen LogP) is 4.54. The molecule has 2 heterocycles. The minimum Gasteiger partial charge on any atom is -0.423 e. The summed E-state index contributed by atoms with van der Waals surface area (Å²) >= 11 is 1.31. The number of nitrogens with one attached hydrogen (secondary N) is 1. The van der Waals surface area contributed by atoms with Crippen LogP contribution in [0.15, 0.2) is 63.8 Å². The summed E-state index contributed by atoms with van der Waals surface area (Å²) in [5, 5.41) is 4.36. The van der Waals surface area contributed by atoms with Crippen LogP contribution in [0.4, 0.5) is 10.1 Å². The van der Waals surface area contributed by atoms with Gasteiger partial charge in [0.2, 0.25) is 0 Å². The van der Waals surface area contributed by atoms with Crippen LogP contribution >= 0.6 is 11.3 Å². The van der Waals surface area contributed by atoms with Crippen LogP contribution in [-0.4, -0.2) is 10.9 Å². The molecule has 0 unspecified atom stereocenters. The molecule has 0 aliphatic rings. The highest BCUT2D eigenvalue weighted by Crippen LogP contribution is 2.23. The molecule has 0 saturated carbocycles. The Morgan fingerprint density at radius 1 is 1.14 bits per heavy atom. The number of hydrogen-bond donors (Lipinski definition) is 1. The fraction of sp³-hybridized carbons (Fsp3) is 0.0952. The van der Waals surface area contributed by atoms with Crippen LogP contribution in [0.5, 0.6) is 0 Å². The van der Waals surface area contributed by atoms with Crippen LogP contribution in [0, 0.1) is 12.7 Å². The van der Waals surface area contributed by atoms with Crippen molar-refractivity contribution < 1.29 is 13.6 Å². The molecule has 0 spiro atoms. The van der Waals surface area contributed by atoms with Gasteiger partial charge in [0.15, 0.2) is 0 Å². The number of carbonyl (C=O) groups is 1. The van der Waals surface area contributed by atoms with Gasteiger partial charge in [0, 0.05) is 23.6 Å². The lowest BCUT2D eigenvalue weighted by atomic mass is 10.1. The van der Waals surface area contributed by atoms with Crippen molar-refractivity contribution in [3.8, 4) is 0 Å². The second-order valence-electron chi connectivity index (χ2n) is 6.29. The van der Waals surface area contributed by atoms with E-state index in [9.17, 15) is 14.0 Å². The third-order valence-electron chi connectivity index (χ3n) is 4.19. The Labute approximate surface area is 163 Å². The summed E-state index contributed by atoms with van der Waals surface area (Å²) in [5.74, 6) is -0.536. The molecule has 2 aromatic heterocycles. The van der Waals surface area contributed by atoms with E-state index in [0.29, 0.717) is 28.3 Å². The van der Waals surface area contributed by atoms with Gasteiger partial charge in [0.05, 0.1) is 10.7 Å². The maximum atomic E-state index is 13.0. The maximum absolute atomic E-state index is 13.0. The van der Waals surface area contributed by atoms with Crippen LogP contribution < -0.4 is 10.9 Å². The highest BCUT2D eigenvalue weighted by molar-refractivity contribution is 7.14. The standard InChI is InChI=1S/C21H15FN2O3S/c1-12-20(28-18(23-12)10-13-2-5-15(22)6-3-13)21(26)24-16-7-8-17-14(11-16)4-9-19(25)27-17/h2-9,11H,10H2,1H3,(H,24,26). The highest BCUT2D eigenvalue weighted by Gasteiger charge is 2.16. The molecular weight excluding hydrogens is 379 g/mol. The van der Waals surface area contributed by atoms with E-state index < -0.39 is 5.63 Å². The Bertz CT molecular complexity index is 1230. The lowest BCUT2D eigenvalue weighted by molar-refractivity contribution is 0.103. The fourth-order valence-electron chi connectivity index (χ4n) is 2.85. The quantitative estimate of drug-likeness (QED) is 0.516. The van der Waals surface area contributed by atoms with Crippen molar-refractivity contribution in [2.24, 2.45) is 0 Å². The molecule has 5 nitrogen and oxygen atoms in total. The van der Waals surface area contributed by atoms with Gasteiger partial charge in [-0.25, -0.2) is 14.2 Å². The molecule has 0 aliphatic carbocycles. The van der Waals surface area contributed by atoms with E-state index in [1.165, 1.54) is 29.5 Å². The van der Waals surface area contributed by atoms with Crippen LogP contribution in [-0.2, 0) is 6.42 Å². The number of carbonyl (C=O) groups excluding carboxylic acids is 1. The van der Waals surface area contributed by atoms with Crippen LogP contribution in [0.2, 0.25) is 0 Å². The van der Waals surface area contributed by atoms with Gasteiger partial charge in [0.25, 0.3) is 5.91 Å². The molecule has 0 atom stereocenters. The average Bonchev–Trinajstić information content (AvgIpc) is 3.04. The number of aryl methyl sites for hydroxylation is 1. The number of thiazole rings is 1. The highest BCUT2D eigenvalue weighted by atomic mass is 32.1.